The summed E-state index contributed by atoms with van der Waals surface area (Å²) in [4.78, 5) is 11.6. The van der Waals surface area contributed by atoms with Gasteiger partial charge in [0.2, 0.25) is 5.70 Å². The Morgan fingerprint density at radius 2 is 0.882 bits per heavy atom. The molecule has 0 fully saturated rings. The SMILES string of the molecule is C/C(=C\[C@H](OCc1ccccc1)[C@@H](OCc1ccccc1)[C@H](OCc1ccccc1)[C@@H](COCc1ccccc1)OCc1ccccc1)[N+](=O)[O-]. The lowest BCUT2D eigenvalue weighted by Gasteiger charge is -2.36. The van der Waals surface area contributed by atoms with Crippen molar-refractivity contribution in [1.29, 1.82) is 0 Å². The standard InChI is InChI=1S/C43H45NO7/c1-34(44(45)46)27-40(48-29-36-19-9-3-10-20-36)42(50-31-38-23-13-5-14-24-38)43(51-32-39-25-15-6-16-26-39)41(49-30-37-21-11-4-12-22-37)33-47-28-35-17-7-2-8-18-35/h2-27,40-43H,28-33H2,1H3/b34-27+/t40-,41+,42+,43+/m0/s1. The Kier molecular flexibility index (Phi) is 15.1. The van der Waals surface area contributed by atoms with Gasteiger partial charge in [-0.3, -0.25) is 10.1 Å². The van der Waals surface area contributed by atoms with Gasteiger partial charge in [-0.25, -0.2) is 0 Å². The molecule has 5 rings (SSSR count). The van der Waals surface area contributed by atoms with Crippen LogP contribution in [0.3, 0.4) is 0 Å². The van der Waals surface area contributed by atoms with E-state index in [1.807, 2.05) is 152 Å². The monoisotopic (exact) mass is 687 g/mol. The lowest BCUT2D eigenvalue weighted by atomic mass is 10.0. The summed E-state index contributed by atoms with van der Waals surface area (Å²) < 4.78 is 33.1. The van der Waals surface area contributed by atoms with Gasteiger partial charge in [0.15, 0.2) is 0 Å². The summed E-state index contributed by atoms with van der Waals surface area (Å²) in [5.41, 5.74) is 4.74. The van der Waals surface area contributed by atoms with Crippen LogP contribution in [0.4, 0.5) is 0 Å². The van der Waals surface area contributed by atoms with Crippen LogP contribution in [0.25, 0.3) is 0 Å². The summed E-state index contributed by atoms with van der Waals surface area (Å²) in [7, 11) is 0. The lowest BCUT2D eigenvalue weighted by Crippen LogP contribution is -2.50. The minimum Gasteiger partial charge on any atom is -0.374 e. The molecule has 4 atom stereocenters. The maximum Gasteiger partial charge on any atom is 0.241 e. The highest BCUT2D eigenvalue weighted by molar-refractivity contribution is 5.17. The predicted molar refractivity (Wildman–Crippen MR) is 197 cm³/mol. The molecule has 0 unspecified atom stereocenters. The van der Waals surface area contributed by atoms with E-state index in [0.717, 1.165) is 27.8 Å². The average Bonchev–Trinajstić information content (AvgIpc) is 3.18. The second-order valence-electron chi connectivity index (χ2n) is 12.2. The van der Waals surface area contributed by atoms with Crippen LogP contribution in [-0.2, 0) is 56.7 Å². The third-order valence-electron chi connectivity index (χ3n) is 8.26. The molecule has 0 amide bonds. The number of benzene rings is 5. The Morgan fingerprint density at radius 3 is 1.29 bits per heavy atom. The Morgan fingerprint density at radius 1 is 0.529 bits per heavy atom. The van der Waals surface area contributed by atoms with E-state index in [2.05, 4.69) is 0 Å². The van der Waals surface area contributed by atoms with Crippen molar-refractivity contribution in [2.24, 2.45) is 0 Å². The molecule has 0 bridgehead atoms. The van der Waals surface area contributed by atoms with Crippen molar-refractivity contribution in [3.8, 4) is 0 Å². The van der Waals surface area contributed by atoms with Gasteiger partial charge >= 0.3 is 0 Å². The third kappa shape index (κ3) is 12.7. The fraction of sp³-hybridized carbons (Fsp3) is 0.256. The summed E-state index contributed by atoms with van der Waals surface area (Å²) in [5.74, 6) is 0. The molecule has 0 N–H and O–H groups in total. The molecule has 0 saturated carbocycles. The highest BCUT2D eigenvalue weighted by Gasteiger charge is 2.39. The van der Waals surface area contributed by atoms with E-state index in [4.69, 9.17) is 23.7 Å². The number of ether oxygens (including phenoxy) is 5. The highest BCUT2D eigenvalue weighted by Crippen LogP contribution is 2.25. The Hall–Kier alpha value is -4.96. The molecule has 5 aromatic carbocycles. The number of allylic oxidation sites excluding steroid dienone is 1. The molecule has 8 nitrogen and oxygen atoms in total. The van der Waals surface area contributed by atoms with Gasteiger partial charge < -0.3 is 23.7 Å². The first-order chi connectivity index (χ1) is 25.0. The first kappa shape index (κ1) is 37.3. The number of nitrogens with zero attached hydrogens (tertiary/aromatic N) is 1. The van der Waals surface area contributed by atoms with Crippen LogP contribution in [0.1, 0.15) is 34.7 Å². The van der Waals surface area contributed by atoms with Crippen LogP contribution >= 0.6 is 0 Å². The maximum absolute atomic E-state index is 12.0. The smallest absolute Gasteiger partial charge is 0.241 e. The molecule has 0 radical (unpaired) electrons. The molecule has 0 heterocycles. The summed E-state index contributed by atoms with van der Waals surface area (Å²) in [5, 5.41) is 12.0. The zero-order chi connectivity index (χ0) is 35.5. The second-order valence-corrected chi connectivity index (χ2v) is 12.2. The zero-order valence-corrected chi connectivity index (χ0v) is 28.9. The summed E-state index contributed by atoms with van der Waals surface area (Å²) in [6, 6.07) is 49.1. The molecule has 0 spiro atoms. The van der Waals surface area contributed by atoms with Gasteiger partial charge in [0.1, 0.15) is 24.4 Å². The lowest BCUT2D eigenvalue weighted by molar-refractivity contribution is -0.425. The van der Waals surface area contributed by atoms with Gasteiger partial charge in [0, 0.05) is 13.0 Å². The van der Waals surface area contributed by atoms with E-state index in [9.17, 15) is 10.1 Å². The van der Waals surface area contributed by atoms with Crippen molar-refractivity contribution >= 4 is 0 Å². The molecule has 0 saturated heterocycles. The molecule has 0 aliphatic heterocycles. The fourth-order valence-electron chi connectivity index (χ4n) is 5.51. The molecule has 0 aliphatic carbocycles. The van der Waals surface area contributed by atoms with Crippen LogP contribution in [0, 0.1) is 10.1 Å². The van der Waals surface area contributed by atoms with Gasteiger partial charge in [-0.15, -0.1) is 0 Å². The van der Waals surface area contributed by atoms with Crippen molar-refractivity contribution in [1.82, 2.24) is 0 Å². The molecular formula is C43H45NO7. The van der Waals surface area contributed by atoms with E-state index < -0.39 is 29.3 Å². The van der Waals surface area contributed by atoms with Crippen LogP contribution in [0.15, 0.2) is 163 Å². The Balaban J connectivity index is 1.53. The molecule has 0 aromatic heterocycles. The predicted octanol–water partition coefficient (Wildman–Crippen LogP) is 8.73. The zero-order valence-electron chi connectivity index (χ0n) is 28.9. The van der Waals surface area contributed by atoms with Gasteiger partial charge in [-0.2, -0.15) is 0 Å². The number of rotatable bonds is 21. The minimum absolute atomic E-state index is 0.0646. The van der Waals surface area contributed by atoms with Crippen LogP contribution in [0.5, 0.6) is 0 Å². The average molecular weight is 688 g/mol. The highest BCUT2D eigenvalue weighted by atomic mass is 16.6. The summed E-state index contributed by atoms with van der Waals surface area (Å²) in [6.45, 7) is 2.92. The van der Waals surface area contributed by atoms with Crippen LogP contribution < -0.4 is 0 Å². The van der Waals surface area contributed by atoms with Crippen molar-refractivity contribution < 1.29 is 28.6 Å². The van der Waals surface area contributed by atoms with Crippen LogP contribution in [-0.4, -0.2) is 35.9 Å². The Labute approximate surface area is 300 Å². The molecule has 8 heteroatoms. The third-order valence-corrected chi connectivity index (χ3v) is 8.26. The topological polar surface area (TPSA) is 89.3 Å². The fourth-order valence-corrected chi connectivity index (χ4v) is 5.51. The van der Waals surface area contributed by atoms with Crippen molar-refractivity contribution in [3.63, 3.8) is 0 Å². The van der Waals surface area contributed by atoms with Crippen LogP contribution in [0.2, 0.25) is 0 Å². The first-order valence-electron chi connectivity index (χ1n) is 17.1. The largest absolute Gasteiger partial charge is 0.374 e. The van der Waals surface area contributed by atoms with Gasteiger partial charge in [-0.1, -0.05) is 152 Å². The molecular weight excluding hydrogens is 642 g/mol. The van der Waals surface area contributed by atoms with E-state index in [0.29, 0.717) is 6.61 Å². The normalized spacial score (nSPS) is 14.0. The van der Waals surface area contributed by atoms with Gasteiger partial charge in [-0.05, 0) is 27.8 Å². The van der Waals surface area contributed by atoms with E-state index in [1.165, 1.54) is 13.0 Å². The minimum atomic E-state index is -0.892. The van der Waals surface area contributed by atoms with E-state index in [1.54, 1.807) is 0 Å². The van der Waals surface area contributed by atoms with Crippen molar-refractivity contribution in [3.05, 3.63) is 201 Å². The summed E-state index contributed by atoms with van der Waals surface area (Å²) >= 11 is 0. The molecule has 264 valence electrons. The second kappa shape index (κ2) is 20.7. The van der Waals surface area contributed by atoms with Gasteiger partial charge in [0.05, 0.1) is 44.6 Å². The van der Waals surface area contributed by atoms with E-state index in [-0.39, 0.29) is 38.7 Å². The molecule has 51 heavy (non-hydrogen) atoms. The number of hydrogen-bond donors (Lipinski definition) is 0. The first-order valence-corrected chi connectivity index (χ1v) is 17.1. The maximum atomic E-state index is 12.0. The van der Waals surface area contributed by atoms with Crippen molar-refractivity contribution in [2.45, 2.75) is 64.4 Å². The number of hydrogen-bond acceptors (Lipinski definition) is 7. The molecule has 5 aromatic rings. The number of nitro groups is 1. The van der Waals surface area contributed by atoms with Crippen molar-refractivity contribution in [2.75, 3.05) is 6.61 Å². The van der Waals surface area contributed by atoms with E-state index >= 15 is 0 Å². The Bertz CT molecular complexity index is 1720. The quantitative estimate of drug-likeness (QED) is 0.0563. The summed E-state index contributed by atoms with van der Waals surface area (Å²) in [6.07, 6.45) is -1.68. The van der Waals surface area contributed by atoms with Gasteiger partial charge in [0.25, 0.3) is 0 Å². The molecule has 0 aliphatic rings.